The Kier molecular flexibility index (Phi) is 6.39. The van der Waals surface area contributed by atoms with Crippen molar-refractivity contribution in [3.8, 4) is 5.75 Å². The zero-order chi connectivity index (χ0) is 18.5. The van der Waals surface area contributed by atoms with E-state index in [-0.39, 0.29) is 0 Å². The van der Waals surface area contributed by atoms with E-state index in [4.69, 9.17) is 4.74 Å². The zero-order valence-electron chi connectivity index (χ0n) is 17.3. The second-order valence-corrected chi connectivity index (χ2v) is 9.51. The van der Waals surface area contributed by atoms with Crippen LogP contribution < -0.4 is 4.74 Å². The fourth-order valence-corrected chi connectivity index (χ4v) is 5.36. The second kappa shape index (κ2) is 8.96. The van der Waals surface area contributed by atoms with E-state index in [2.05, 4.69) is 34.9 Å². The monoisotopic (exact) mass is 370 g/mol. The molecule has 1 aromatic rings. The van der Waals surface area contributed by atoms with E-state index in [0.717, 1.165) is 18.8 Å². The van der Waals surface area contributed by atoms with Crippen molar-refractivity contribution in [2.24, 2.45) is 5.41 Å². The van der Waals surface area contributed by atoms with Crippen LogP contribution in [0.4, 0.5) is 0 Å². The molecule has 0 saturated carbocycles. The van der Waals surface area contributed by atoms with Gasteiger partial charge in [0.05, 0.1) is 6.61 Å². The van der Waals surface area contributed by atoms with Crippen molar-refractivity contribution in [1.82, 2.24) is 9.80 Å². The van der Waals surface area contributed by atoms with Crippen molar-refractivity contribution in [3.63, 3.8) is 0 Å². The van der Waals surface area contributed by atoms with E-state index >= 15 is 0 Å². The normalized spacial score (nSPS) is 26.9. The predicted molar refractivity (Wildman–Crippen MR) is 113 cm³/mol. The Morgan fingerprint density at radius 2 is 1.67 bits per heavy atom. The van der Waals surface area contributed by atoms with Crippen molar-refractivity contribution in [2.75, 3.05) is 45.9 Å². The Morgan fingerprint density at radius 1 is 0.926 bits per heavy atom. The molecule has 0 bridgehead atoms. The second-order valence-electron chi connectivity index (χ2n) is 9.51. The van der Waals surface area contributed by atoms with Gasteiger partial charge in [0.25, 0.3) is 0 Å². The minimum Gasteiger partial charge on any atom is -0.494 e. The molecule has 1 aromatic carbocycles. The van der Waals surface area contributed by atoms with E-state index in [1.165, 1.54) is 96.2 Å². The van der Waals surface area contributed by atoms with Crippen LogP contribution in [0.5, 0.6) is 5.75 Å². The fraction of sp³-hybridized carbons (Fsp3) is 0.750. The fourth-order valence-electron chi connectivity index (χ4n) is 5.36. The minimum absolute atomic E-state index is 0.453. The van der Waals surface area contributed by atoms with Crippen molar-refractivity contribution in [1.29, 1.82) is 0 Å². The highest BCUT2D eigenvalue weighted by Gasteiger charge is 2.32. The number of nitrogens with zero attached hydrogens (tertiary/aromatic N) is 2. The van der Waals surface area contributed by atoms with Gasteiger partial charge >= 0.3 is 0 Å². The number of ether oxygens (including phenoxy) is 1. The molecule has 0 amide bonds. The van der Waals surface area contributed by atoms with Crippen molar-refractivity contribution < 1.29 is 4.74 Å². The van der Waals surface area contributed by atoms with Gasteiger partial charge in [-0.05, 0) is 106 Å². The number of aryl methyl sites for hydroxylation is 1. The third-order valence-electron chi connectivity index (χ3n) is 6.93. The summed E-state index contributed by atoms with van der Waals surface area (Å²) in [4.78, 5) is 5.28. The largest absolute Gasteiger partial charge is 0.494 e. The van der Waals surface area contributed by atoms with Gasteiger partial charge in [0, 0.05) is 13.1 Å². The Bertz CT molecular complexity index is 604. The molecule has 0 aromatic heterocycles. The summed E-state index contributed by atoms with van der Waals surface area (Å²) in [6.45, 7) is 11.0. The number of benzene rings is 1. The lowest BCUT2D eigenvalue weighted by molar-refractivity contribution is 0.170. The molecule has 2 saturated heterocycles. The molecular formula is C24H38N2O. The molecule has 0 N–H and O–H groups in total. The van der Waals surface area contributed by atoms with Crippen LogP contribution in [0.25, 0.3) is 0 Å². The minimum atomic E-state index is 0.453. The number of piperidine rings is 1. The first-order valence-electron chi connectivity index (χ1n) is 11.4. The molecule has 4 rings (SSSR count). The van der Waals surface area contributed by atoms with Crippen LogP contribution in [0, 0.1) is 5.41 Å². The molecule has 2 fully saturated rings. The van der Waals surface area contributed by atoms with E-state index in [1.807, 2.05) is 0 Å². The first-order chi connectivity index (χ1) is 13.2. The van der Waals surface area contributed by atoms with Gasteiger partial charge in [-0.2, -0.15) is 0 Å². The zero-order valence-corrected chi connectivity index (χ0v) is 17.3. The van der Waals surface area contributed by atoms with Gasteiger partial charge in [-0.15, -0.1) is 0 Å². The predicted octanol–water partition coefficient (Wildman–Crippen LogP) is 4.53. The molecule has 3 nitrogen and oxygen atoms in total. The lowest BCUT2D eigenvalue weighted by atomic mass is 9.72. The van der Waals surface area contributed by atoms with E-state index < -0.39 is 0 Å². The molecule has 0 spiro atoms. The summed E-state index contributed by atoms with van der Waals surface area (Å²) >= 11 is 0. The summed E-state index contributed by atoms with van der Waals surface area (Å²) < 4.78 is 6.09. The highest BCUT2D eigenvalue weighted by Crippen LogP contribution is 2.37. The third-order valence-corrected chi connectivity index (χ3v) is 6.93. The number of hydrogen-bond donors (Lipinski definition) is 0. The van der Waals surface area contributed by atoms with Crippen LogP contribution in [0.1, 0.15) is 63.0 Å². The molecule has 3 aliphatic rings. The van der Waals surface area contributed by atoms with Crippen LogP contribution in [0.15, 0.2) is 18.2 Å². The maximum Gasteiger partial charge on any atom is 0.119 e. The molecule has 27 heavy (non-hydrogen) atoms. The lowest BCUT2D eigenvalue weighted by Gasteiger charge is -2.38. The summed E-state index contributed by atoms with van der Waals surface area (Å²) in [5.41, 5.74) is 3.54. The van der Waals surface area contributed by atoms with Gasteiger partial charge in [-0.3, -0.25) is 0 Å². The summed E-state index contributed by atoms with van der Waals surface area (Å²) in [6.07, 6.45) is 11.9. The average Bonchev–Trinajstić information content (AvgIpc) is 3.18. The number of rotatable bonds is 7. The van der Waals surface area contributed by atoms with Crippen molar-refractivity contribution in [3.05, 3.63) is 29.3 Å². The highest BCUT2D eigenvalue weighted by molar-refractivity contribution is 5.38. The topological polar surface area (TPSA) is 15.7 Å². The number of fused-ring (bicyclic) bond motifs is 1. The summed E-state index contributed by atoms with van der Waals surface area (Å²) in [5.74, 6) is 1.08. The van der Waals surface area contributed by atoms with E-state index in [1.54, 1.807) is 5.56 Å². The van der Waals surface area contributed by atoms with Gasteiger partial charge in [0.1, 0.15) is 5.75 Å². The first-order valence-corrected chi connectivity index (χ1v) is 11.4. The number of likely N-dealkylation sites (tertiary alicyclic amines) is 2. The van der Waals surface area contributed by atoms with Crippen LogP contribution in [0.2, 0.25) is 0 Å². The molecule has 2 heterocycles. The standard InChI is InChI=1S/C24H38N2O/c1-24(20-26-14-5-6-15-26)11-10-21-18-23(9-8-22(21)19-24)27-17-7-16-25-12-3-2-4-13-25/h8-9,18H,2-7,10-17,19-20H2,1H3. The van der Waals surface area contributed by atoms with Gasteiger partial charge < -0.3 is 14.5 Å². The van der Waals surface area contributed by atoms with Crippen LogP contribution in [-0.2, 0) is 12.8 Å². The van der Waals surface area contributed by atoms with Gasteiger partial charge in [-0.25, -0.2) is 0 Å². The molecule has 1 atom stereocenters. The lowest BCUT2D eigenvalue weighted by Crippen LogP contribution is -2.38. The molecule has 1 unspecified atom stereocenters. The maximum atomic E-state index is 6.09. The highest BCUT2D eigenvalue weighted by atomic mass is 16.5. The molecule has 150 valence electrons. The van der Waals surface area contributed by atoms with Gasteiger partial charge in [0.2, 0.25) is 0 Å². The summed E-state index contributed by atoms with van der Waals surface area (Å²) in [7, 11) is 0. The first kappa shape index (κ1) is 19.3. The molecule has 3 heteroatoms. The van der Waals surface area contributed by atoms with Crippen molar-refractivity contribution >= 4 is 0 Å². The Balaban J connectivity index is 1.25. The molecule has 2 aliphatic heterocycles. The SMILES string of the molecule is CC1(CN2CCCC2)CCc2cc(OCCCN3CCCCC3)ccc2C1. The Morgan fingerprint density at radius 3 is 2.48 bits per heavy atom. The summed E-state index contributed by atoms with van der Waals surface area (Å²) in [5, 5.41) is 0. The van der Waals surface area contributed by atoms with Crippen LogP contribution in [-0.4, -0.2) is 55.7 Å². The summed E-state index contributed by atoms with van der Waals surface area (Å²) in [6, 6.07) is 6.88. The molecule has 1 aliphatic carbocycles. The smallest absolute Gasteiger partial charge is 0.119 e. The average molecular weight is 371 g/mol. The Labute approximate surface area is 166 Å². The Hall–Kier alpha value is -1.06. The molecular weight excluding hydrogens is 332 g/mol. The number of hydrogen-bond acceptors (Lipinski definition) is 3. The van der Waals surface area contributed by atoms with Gasteiger partial charge in [0.15, 0.2) is 0 Å². The van der Waals surface area contributed by atoms with Crippen LogP contribution in [0.3, 0.4) is 0 Å². The van der Waals surface area contributed by atoms with Crippen molar-refractivity contribution in [2.45, 2.75) is 64.7 Å². The quantitative estimate of drug-likeness (QED) is 0.656. The van der Waals surface area contributed by atoms with Crippen LogP contribution >= 0.6 is 0 Å². The molecule has 0 radical (unpaired) electrons. The van der Waals surface area contributed by atoms with Gasteiger partial charge in [-0.1, -0.05) is 19.4 Å². The maximum absolute atomic E-state index is 6.09. The van der Waals surface area contributed by atoms with E-state index in [0.29, 0.717) is 5.41 Å². The third kappa shape index (κ3) is 5.26. The van der Waals surface area contributed by atoms with E-state index in [9.17, 15) is 0 Å².